The summed E-state index contributed by atoms with van der Waals surface area (Å²) >= 11 is 13.6. The standard InChI is InChI=1S/C24H27Cl2N3O5S.ClH/c1-31-19-6-7-20(32-2)23-22(19)27-24(35-23)29(9-3-8-28-10-12-33-13-11-28)21(30)15-34-18-5-4-16(25)14-17(18)26;/h4-7,14H,3,8-13,15H2,1-2H3;1H. The van der Waals surface area contributed by atoms with Gasteiger partial charge in [0.05, 0.1) is 32.5 Å². The summed E-state index contributed by atoms with van der Waals surface area (Å²) in [6.07, 6.45) is 0.775. The van der Waals surface area contributed by atoms with Crippen LogP contribution in [0.3, 0.4) is 0 Å². The van der Waals surface area contributed by atoms with Gasteiger partial charge in [0, 0.05) is 31.2 Å². The molecule has 0 unspecified atom stereocenters. The third kappa shape index (κ3) is 6.85. The summed E-state index contributed by atoms with van der Waals surface area (Å²) in [5.74, 6) is 1.46. The van der Waals surface area contributed by atoms with E-state index in [-0.39, 0.29) is 24.9 Å². The summed E-state index contributed by atoms with van der Waals surface area (Å²) in [5.41, 5.74) is 0.652. The predicted octanol–water partition coefficient (Wildman–Crippen LogP) is 5.18. The van der Waals surface area contributed by atoms with Gasteiger partial charge in [-0.3, -0.25) is 14.6 Å². The predicted molar refractivity (Wildman–Crippen MR) is 146 cm³/mol. The van der Waals surface area contributed by atoms with Gasteiger partial charge in [-0.15, -0.1) is 12.4 Å². The molecule has 1 aliphatic heterocycles. The van der Waals surface area contributed by atoms with E-state index in [4.69, 9.17) is 47.1 Å². The topological polar surface area (TPSA) is 73.4 Å². The molecule has 0 radical (unpaired) electrons. The maximum Gasteiger partial charge on any atom is 0.266 e. The Kier molecular flexibility index (Phi) is 10.7. The van der Waals surface area contributed by atoms with E-state index in [2.05, 4.69) is 4.90 Å². The zero-order chi connectivity index (χ0) is 24.8. The lowest BCUT2D eigenvalue weighted by atomic mass is 10.3. The number of thiazole rings is 1. The Labute approximate surface area is 230 Å². The van der Waals surface area contributed by atoms with Crippen LogP contribution in [0.2, 0.25) is 10.0 Å². The van der Waals surface area contributed by atoms with Crippen LogP contribution < -0.4 is 19.1 Å². The monoisotopic (exact) mass is 575 g/mol. The van der Waals surface area contributed by atoms with Gasteiger partial charge in [-0.05, 0) is 36.8 Å². The first-order valence-electron chi connectivity index (χ1n) is 11.2. The van der Waals surface area contributed by atoms with Crippen molar-refractivity contribution >= 4 is 68.2 Å². The van der Waals surface area contributed by atoms with Crippen molar-refractivity contribution in [3.05, 3.63) is 40.4 Å². The SMILES string of the molecule is COc1ccc(OC)c2sc(N(CCCN3CCOCC3)C(=O)COc3ccc(Cl)cc3Cl)nc12.Cl. The van der Waals surface area contributed by atoms with Crippen molar-refractivity contribution in [2.45, 2.75) is 6.42 Å². The Morgan fingerprint density at radius 2 is 1.81 bits per heavy atom. The van der Waals surface area contributed by atoms with Gasteiger partial charge < -0.3 is 18.9 Å². The number of nitrogens with zero attached hydrogens (tertiary/aromatic N) is 3. The Morgan fingerprint density at radius 1 is 1.11 bits per heavy atom. The molecule has 0 N–H and O–H groups in total. The first-order chi connectivity index (χ1) is 17.0. The fourth-order valence-electron chi connectivity index (χ4n) is 3.80. The van der Waals surface area contributed by atoms with Crippen molar-refractivity contribution in [3.8, 4) is 17.2 Å². The van der Waals surface area contributed by atoms with E-state index in [0.717, 1.165) is 44.0 Å². The zero-order valence-electron chi connectivity index (χ0n) is 20.0. The number of halogens is 3. The molecule has 36 heavy (non-hydrogen) atoms. The van der Waals surface area contributed by atoms with Crippen LogP contribution in [0.5, 0.6) is 17.2 Å². The van der Waals surface area contributed by atoms with Crippen LogP contribution >= 0.6 is 46.9 Å². The highest BCUT2D eigenvalue weighted by Gasteiger charge is 2.24. The smallest absolute Gasteiger partial charge is 0.266 e. The number of ether oxygens (including phenoxy) is 4. The molecule has 0 bridgehead atoms. The van der Waals surface area contributed by atoms with Crippen LogP contribution in [-0.4, -0.2) is 76.0 Å². The van der Waals surface area contributed by atoms with E-state index in [0.29, 0.717) is 44.5 Å². The fraction of sp³-hybridized carbons (Fsp3) is 0.417. The molecule has 2 aromatic carbocycles. The van der Waals surface area contributed by atoms with Gasteiger partial charge >= 0.3 is 0 Å². The molecule has 4 rings (SSSR count). The zero-order valence-corrected chi connectivity index (χ0v) is 23.1. The number of morpholine rings is 1. The van der Waals surface area contributed by atoms with Gasteiger partial charge in [-0.1, -0.05) is 34.5 Å². The highest BCUT2D eigenvalue weighted by Crippen LogP contribution is 2.40. The minimum atomic E-state index is -0.227. The molecular formula is C24H28Cl3N3O5S. The highest BCUT2D eigenvalue weighted by molar-refractivity contribution is 7.22. The molecule has 12 heteroatoms. The summed E-state index contributed by atoms with van der Waals surface area (Å²) in [6.45, 7) is 4.39. The molecule has 1 saturated heterocycles. The van der Waals surface area contributed by atoms with Crippen LogP contribution in [0.15, 0.2) is 30.3 Å². The van der Waals surface area contributed by atoms with Gasteiger partial charge in [0.15, 0.2) is 11.7 Å². The number of carbonyl (C=O) groups excluding carboxylic acids is 1. The Morgan fingerprint density at radius 3 is 2.50 bits per heavy atom. The lowest BCUT2D eigenvalue weighted by Gasteiger charge is -2.27. The first kappa shape index (κ1) is 28.6. The number of fused-ring (bicyclic) bond motifs is 1. The Bertz CT molecular complexity index is 1130. The van der Waals surface area contributed by atoms with E-state index < -0.39 is 0 Å². The van der Waals surface area contributed by atoms with E-state index in [1.165, 1.54) is 11.3 Å². The van der Waals surface area contributed by atoms with Crippen LogP contribution in [0.25, 0.3) is 10.2 Å². The van der Waals surface area contributed by atoms with Gasteiger partial charge in [0.1, 0.15) is 27.5 Å². The molecule has 2 heterocycles. The molecule has 1 aromatic heterocycles. The normalized spacial score (nSPS) is 13.8. The highest BCUT2D eigenvalue weighted by atomic mass is 35.5. The maximum atomic E-state index is 13.4. The van der Waals surface area contributed by atoms with E-state index >= 15 is 0 Å². The number of aromatic nitrogens is 1. The van der Waals surface area contributed by atoms with Gasteiger partial charge in [0.2, 0.25) is 0 Å². The molecule has 8 nitrogen and oxygen atoms in total. The van der Waals surface area contributed by atoms with Crippen molar-refractivity contribution in [2.24, 2.45) is 0 Å². The van der Waals surface area contributed by atoms with Crippen LogP contribution in [-0.2, 0) is 9.53 Å². The maximum absolute atomic E-state index is 13.4. The lowest BCUT2D eigenvalue weighted by molar-refractivity contribution is -0.120. The second-order valence-corrected chi connectivity index (χ2v) is 9.68. The molecule has 0 atom stereocenters. The fourth-order valence-corrected chi connectivity index (χ4v) is 5.38. The van der Waals surface area contributed by atoms with Gasteiger partial charge in [-0.25, -0.2) is 4.98 Å². The first-order valence-corrected chi connectivity index (χ1v) is 12.8. The molecule has 3 aromatic rings. The van der Waals surface area contributed by atoms with Crippen molar-refractivity contribution in [1.29, 1.82) is 0 Å². The number of rotatable bonds is 10. The lowest BCUT2D eigenvalue weighted by Crippen LogP contribution is -2.40. The number of methoxy groups -OCH3 is 2. The second kappa shape index (κ2) is 13.5. The number of hydrogen-bond acceptors (Lipinski definition) is 8. The molecule has 0 spiro atoms. The molecule has 1 aliphatic rings. The number of amides is 1. The van der Waals surface area contributed by atoms with E-state index in [1.54, 1.807) is 43.4 Å². The Balaban J connectivity index is 0.00000361. The van der Waals surface area contributed by atoms with E-state index in [9.17, 15) is 4.79 Å². The Hall–Kier alpha value is -2.01. The van der Waals surface area contributed by atoms with Gasteiger partial charge in [0.25, 0.3) is 5.91 Å². The molecular weight excluding hydrogens is 549 g/mol. The second-order valence-electron chi connectivity index (χ2n) is 7.86. The molecule has 0 aliphatic carbocycles. The average Bonchev–Trinajstić information content (AvgIpc) is 3.31. The quantitative estimate of drug-likeness (QED) is 0.329. The summed E-state index contributed by atoms with van der Waals surface area (Å²) in [5, 5.41) is 1.40. The van der Waals surface area contributed by atoms with Gasteiger partial charge in [-0.2, -0.15) is 0 Å². The van der Waals surface area contributed by atoms with Crippen LogP contribution in [0.4, 0.5) is 5.13 Å². The number of benzene rings is 2. The van der Waals surface area contributed by atoms with Crippen molar-refractivity contribution in [3.63, 3.8) is 0 Å². The molecule has 1 fully saturated rings. The van der Waals surface area contributed by atoms with E-state index in [1.807, 2.05) is 6.07 Å². The summed E-state index contributed by atoms with van der Waals surface area (Å²) in [6, 6.07) is 8.53. The third-order valence-corrected chi connectivity index (χ3v) is 7.26. The minimum absolute atomic E-state index is 0. The van der Waals surface area contributed by atoms with Crippen LogP contribution in [0, 0.1) is 0 Å². The molecule has 1 amide bonds. The summed E-state index contributed by atoms with van der Waals surface area (Å²) < 4.78 is 23.0. The average molecular weight is 577 g/mol. The van der Waals surface area contributed by atoms with Crippen molar-refractivity contribution in [1.82, 2.24) is 9.88 Å². The largest absolute Gasteiger partial charge is 0.495 e. The number of hydrogen-bond donors (Lipinski definition) is 0. The minimum Gasteiger partial charge on any atom is -0.495 e. The van der Waals surface area contributed by atoms with Crippen molar-refractivity contribution < 1.29 is 23.7 Å². The van der Waals surface area contributed by atoms with Crippen LogP contribution in [0.1, 0.15) is 6.42 Å². The van der Waals surface area contributed by atoms with Crippen molar-refractivity contribution in [2.75, 3.05) is 65.1 Å². The molecule has 196 valence electrons. The summed E-state index contributed by atoms with van der Waals surface area (Å²) in [4.78, 5) is 22.1. The third-order valence-electron chi connectivity index (χ3n) is 5.64. The number of anilines is 1. The molecule has 0 saturated carbocycles. The number of carbonyl (C=O) groups is 1. The summed E-state index contributed by atoms with van der Waals surface area (Å²) in [7, 11) is 3.20.